The predicted octanol–water partition coefficient (Wildman–Crippen LogP) is 12.0. The zero-order valence-corrected chi connectivity index (χ0v) is 26.6. The van der Waals surface area contributed by atoms with E-state index in [1.165, 1.54) is 27.1 Å². The van der Waals surface area contributed by atoms with Gasteiger partial charge in [0, 0.05) is 85.9 Å². The van der Waals surface area contributed by atoms with E-state index in [0.29, 0.717) is 0 Å². The van der Waals surface area contributed by atoms with Gasteiger partial charge in [0.25, 0.3) is 0 Å². The van der Waals surface area contributed by atoms with Gasteiger partial charge in [-0.3, -0.25) is 9.97 Å². The summed E-state index contributed by atoms with van der Waals surface area (Å²) in [5.74, 6) is 0. The van der Waals surface area contributed by atoms with Gasteiger partial charge in [0.1, 0.15) is 22.3 Å². The van der Waals surface area contributed by atoms with Crippen molar-refractivity contribution in [1.82, 2.24) is 14.5 Å². The Morgan fingerprint density at radius 1 is 0.440 bits per heavy atom. The molecule has 0 aliphatic heterocycles. The first-order valence-electron chi connectivity index (χ1n) is 16.6. The van der Waals surface area contributed by atoms with Gasteiger partial charge in [-0.05, 0) is 83.6 Å². The summed E-state index contributed by atoms with van der Waals surface area (Å²) in [4.78, 5) is 11.0. The summed E-state index contributed by atoms with van der Waals surface area (Å²) in [6, 6.07) is 47.1. The number of pyridine rings is 2. The first-order chi connectivity index (χ1) is 24.8. The van der Waals surface area contributed by atoms with E-state index < -0.39 is 0 Å². The molecule has 0 fully saturated rings. The molecule has 11 aromatic rings. The minimum Gasteiger partial charge on any atom is -0.456 e. The van der Waals surface area contributed by atoms with Crippen molar-refractivity contribution in [2.24, 2.45) is 0 Å². The summed E-state index contributed by atoms with van der Waals surface area (Å²) in [7, 11) is 0. The molecule has 0 amide bonds. The molecule has 6 aromatic carbocycles. The smallest absolute Gasteiger partial charge is 0.138 e. The van der Waals surface area contributed by atoms with Crippen molar-refractivity contribution in [2.45, 2.75) is 0 Å². The molecule has 0 bridgehead atoms. The van der Waals surface area contributed by atoms with Crippen molar-refractivity contribution in [3.8, 4) is 5.69 Å². The van der Waals surface area contributed by atoms with Crippen LogP contribution in [0.5, 0.6) is 0 Å². The fourth-order valence-electron chi connectivity index (χ4n) is 7.71. The molecule has 0 aliphatic rings. The van der Waals surface area contributed by atoms with Crippen molar-refractivity contribution in [1.29, 1.82) is 0 Å². The Morgan fingerprint density at radius 3 is 1.94 bits per heavy atom. The highest BCUT2D eigenvalue weighted by atomic mass is 16.3. The molecule has 5 heterocycles. The third kappa shape index (κ3) is 3.90. The quantitative estimate of drug-likeness (QED) is 0.191. The maximum absolute atomic E-state index is 6.36. The lowest BCUT2D eigenvalue weighted by Gasteiger charge is -2.26. The largest absolute Gasteiger partial charge is 0.456 e. The van der Waals surface area contributed by atoms with Crippen LogP contribution in [0.1, 0.15) is 0 Å². The zero-order chi connectivity index (χ0) is 32.8. The van der Waals surface area contributed by atoms with Crippen molar-refractivity contribution >= 4 is 93.5 Å². The normalized spacial score (nSPS) is 12.0. The molecule has 5 aromatic heterocycles. The van der Waals surface area contributed by atoms with Gasteiger partial charge in [0.05, 0.1) is 11.0 Å². The fraction of sp³-hybridized carbons (Fsp3) is 0. The van der Waals surface area contributed by atoms with E-state index in [1.807, 2.05) is 24.5 Å². The lowest BCUT2D eigenvalue weighted by molar-refractivity contribution is 0.668. The van der Waals surface area contributed by atoms with E-state index in [9.17, 15) is 0 Å². The number of nitrogens with zero attached hydrogens (tertiary/aromatic N) is 4. The number of hydrogen-bond donors (Lipinski definition) is 0. The Labute approximate surface area is 285 Å². The molecule has 0 radical (unpaired) electrons. The summed E-state index contributed by atoms with van der Waals surface area (Å²) < 4.78 is 14.9. The number of para-hydroxylation sites is 1. The van der Waals surface area contributed by atoms with Crippen LogP contribution >= 0.6 is 0 Å². The molecule has 0 aliphatic carbocycles. The van der Waals surface area contributed by atoms with Gasteiger partial charge < -0.3 is 18.3 Å². The highest BCUT2D eigenvalue weighted by molar-refractivity contribution is 6.22. The average molecular weight is 643 g/mol. The molecule has 0 N–H and O–H groups in total. The SMILES string of the molecule is c1ccc(-n2c3cc(N(c4ccc5c(c4)oc4ccncc45)c4ccc5oc6ccncc6c5c4)ccc3c3c4ccccc4ccc32)cc1. The van der Waals surface area contributed by atoms with Crippen LogP contribution < -0.4 is 4.90 Å². The minimum atomic E-state index is 0.806. The molecule has 11 rings (SSSR count). The van der Waals surface area contributed by atoms with Gasteiger partial charge in [-0.1, -0.05) is 54.6 Å². The molecule has 0 unspecified atom stereocenters. The van der Waals surface area contributed by atoms with Crippen molar-refractivity contribution < 1.29 is 8.83 Å². The van der Waals surface area contributed by atoms with Gasteiger partial charge in [-0.2, -0.15) is 0 Å². The van der Waals surface area contributed by atoms with E-state index in [-0.39, 0.29) is 0 Å². The molecule has 6 heteroatoms. The first kappa shape index (κ1) is 27.1. The van der Waals surface area contributed by atoms with Crippen molar-refractivity contribution in [3.05, 3.63) is 158 Å². The monoisotopic (exact) mass is 642 g/mol. The molecule has 50 heavy (non-hydrogen) atoms. The average Bonchev–Trinajstić information content (AvgIpc) is 3.84. The van der Waals surface area contributed by atoms with Crippen molar-refractivity contribution in [2.75, 3.05) is 4.90 Å². The molecule has 0 spiro atoms. The highest BCUT2D eigenvalue weighted by Crippen LogP contribution is 2.44. The zero-order valence-electron chi connectivity index (χ0n) is 26.6. The van der Waals surface area contributed by atoms with Gasteiger partial charge in [-0.25, -0.2) is 0 Å². The number of furan rings is 2. The van der Waals surface area contributed by atoms with E-state index in [0.717, 1.165) is 72.1 Å². The second-order valence-electron chi connectivity index (χ2n) is 12.7. The lowest BCUT2D eigenvalue weighted by atomic mass is 10.0. The van der Waals surface area contributed by atoms with Crippen LogP contribution in [0.15, 0.2) is 167 Å². The second kappa shape index (κ2) is 10.3. The first-order valence-corrected chi connectivity index (χ1v) is 16.6. The summed E-state index contributed by atoms with van der Waals surface area (Å²) in [6.07, 6.45) is 7.27. The van der Waals surface area contributed by atoms with Crippen molar-refractivity contribution in [3.63, 3.8) is 0 Å². The van der Waals surface area contributed by atoms with Crippen LogP contribution in [0.2, 0.25) is 0 Å². The van der Waals surface area contributed by atoms with Gasteiger partial charge in [-0.15, -0.1) is 0 Å². The molecule has 0 atom stereocenters. The molecule has 6 nitrogen and oxygen atoms in total. The molecular weight excluding hydrogens is 617 g/mol. The lowest BCUT2D eigenvalue weighted by Crippen LogP contribution is -2.10. The van der Waals surface area contributed by atoms with Crippen LogP contribution in [-0.2, 0) is 0 Å². The summed E-state index contributed by atoms with van der Waals surface area (Å²) >= 11 is 0. The number of rotatable bonds is 4. The molecule has 0 saturated carbocycles. The molecule has 234 valence electrons. The van der Waals surface area contributed by atoms with Crippen LogP contribution in [0.4, 0.5) is 17.1 Å². The Kier molecular flexibility index (Phi) is 5.57. The maximum atomic E-state index is 6.36. The third-order valence-electron chi connectivity index (χ3n) is 9.94. The number of benzene rings is 6. The van der Waals surface area contributed by atoms with Gasteiger partial charge in [0.15, 0.2) is 0 Å². The van der Waals surface area contributed by atoms with Crippen LogP contribution in [0.3, 0.4) is 0 Å². The number of anilines is 3. The Hall–Kier alpha value is -6.92. The van der Waals surface area contributed by atoms with E-state index in [2.05, 4.69) is 141 Å². The number of aromatic nitrogens is 3. The number of hydrogen-bond acceptors (Lipinski definition) is 5. The second-order valence-corrected chi connectivity index (χ2v) is 12.7. The molecular formula is C44H26N4O2. The Morgan fingerprint density at radius 2 is 1.10 bits per heavy atom. The van der Waals surface area contributed by atoms with Gasteiger partial charge in [0.2, 0.25) is 0 Å². The summed E-state index contributed by atoms with van der Waals surface area (Å²) in [5, 5.41) is 8.94. The van der Waals surface area contributed by atoms with Crippen LogP contribution in [0.25, 0.3) is 82.1 Å². The Bertz CT molecular complexity index is 3120. The Balaban J connectivity index is 1.21. The van der Waals surface area contributed by atoms with Gasteiger partial charge >= 0.3 is 0 Å². The summed E-state index contributed by atoms with van der Waals surface area (Å²) in [6.45, 7) is 0. The maximum Gasteiger partial charge on any atom is 0.138 e. The number of fused-ring (bicyclic) bond motifs is 11. The minimum absolute atomic E-state index is 0.806. The topological polar surface area (TPSA) is 60.2 Å². The standard InChI is InChI=1S/C44H26N4O2/c1-2-7-28(8-3-1)48-38-16-10-27-6-4-5-9-32(27)44(38)34-15-12-30(23-39(34)48)47(29-13-17-40-35(22-29)37-26-46-21-19-42(37)49-40)31-11-14-33-36-25-45-20-18-41(36)50-43(33)24-31/h1-26H. The van der Waals surface area contributed by atoms with E-state index >= 15 is 0 Å². The fourth-order valence-corrected chi connectivity index (χ4v) is 7.71. The predicted molar refractivity (Wildman–Crippen MR) is 203 cm³/mol. The third-order valence-corrected chi connectivity index (χ3v) is 9.94. The molecule has 0 saturated heterocycles. The highest BCUT2D eigenvalue weighted by Gasteiger charge is 2.21. The van der Waals surface area contributed by atoms with E-state index in [4.69, 9.17) is 8.83 Å². The van der Waals surface area contributed by atoms with E-state index in [1.54, 1.807) is 12.4 Å². The van der Waals surface area contributed by atoms with Crippen LogP contribution in [-0.4, -0.2) is 14.5 Å². The van der Waals surface area contributed by atoms with Crippen LogP contribution in [0, 0.1) is 0 Å². The summed E-state index contributed by atoms with van der Waals surface area (Å²) in [5.41, 5.74) is 9.66.